The van der Waals surface area contributed by atoms with Crippen molar-refractivity contribution in [1.29, 1.82) is 0 Å². The Labute approximate surface area is 122 Å². The molecule has 2 aromatic rings. The largest absolute Gasteiger partial charge is 0.478 e. The molecule has 1 heterocycles. The number of benzene rings is 1. The lowest BCUT2D eigenvalue weighted by molar-refractivity contribution is 0.396. The number of methoxy groups -OCH3 is 1. The average Bonchev–Trinajstić information content (AvgIpc) is 2.47. The van der Waals surface area contributed by atoms with E-state index in [1.54, 1.807) is 25.1 Å². The number of hydrogen-bond donors (Lipinski definition) is 0. The minimum Gasteiger partial charge on any atom is -0.478 e. The van der Waals surface area contributed by atoms with Crippen LogP contribution in [0.25, 0.3) is 0 Å². The van der Waals surface area contributed by atoms with E-state index in [1.165, 1.54) is 25.4 Å². The molecule has 0 saturated heterocycles. The predicted octanol–water partition coefficient (Wildman–Crippen LogP) is 2.14. The molecular formula is C12H12ClN3O3S. The maximum absolute atomic E-state index is 12.4. The number of aromatic nitrogens is 2. The summed E-state index contributed by atoms with van der Waals surface area (Å²) >= 11 is 5.93. The monoisotopic (exact) mass is 313 g/mol. The average molecular weight is 314 g/mol. The lowest BCUT2D eigenvalue weighted by Crippen LogP contribution is -2.23. The Hall–Kier alpha value is -1.86. The lowest BCUT2D eigenvalue weighted by atomic mass is 10.4. The van der Waals surface area contributed by atoms with Crippen molar-refractivity contribution in [2.75, 3.05) is 10.9 Å². The molecule has 0 N–H and O–H groups in total. The number of sulfonamides is 1. The number of rotatable bonds is 4. The van der Waals surface area contributed by atoms with Gasteiger partial charge in [-0.3, -0.25) is 0 Å². The fraction of sp³-hybridized carbons (Fsp3) is 0.167. The highest BCUT2D eigenvalue weighted by Gasteiger charge is 2.27. The van der Waals surface area contributed by atoms with Crippen molar-refractivity contribution in [3.63, 3.8) is 0 Å². The summed E-state index contributed by atoms with van der Waals surface area (Å²) in [4.78, 5) is 8.07. The van der Waals surface area contributed by atoms with Gasteiger partial charge >= 0.3 is 0 Å². The van der Waals surface area contributed by atoms with Crippen LogP contribution in [0.15, 0.2) is 41.4 Å². The molecule has 1 aromatic heterocycles. The summed E-state index contributed by atoms with van der Waals surface area (Å²) in [6.07, 6.45) is 1.41. The van der Waals surface area contributed by atoms with Gasteiger partial charge in [-0.25, -0.2) is 9.97 Å². The van der Waals surface area contributed by atoms with Crippen LogP contribution in [0.1, 0.15) is 5.69 Å². The van der Waals surface area contributed by atoms with Gasteiger partial charge < -0.3 is 4.74 Å². The van der Waals surface area contributed by atoms with Gasteiger partial charge in [0.2, 0.25) is 5.82 Å². The van der Waals surface area contributed by atoms with E-state index in [9.17, 15) is 8.42 Å². The first kappa shape index (κ1) is 14.5. The number of aryl methyl sites for hydroxylation is 1. The minimum atomic E-state index is -3.92. The maximum atomic E-state index is 12.4. The number of hydrogen-bond acceptors (Lipinski definition) is 5. The quantitative estimate of drug-likeness (QED) is 0.809. The van der Waals surface area contributed by atoms with Crippen molar-refractivity contribution >= 4 is 27.6 Å². The molecule has 0 spiro atoms. The van der Waals surface area contributed by atoms with Gasteiger partial charge in [-0.05, 0) is 19.1 Å². The highest BCUT2D eigenvalue weighted by atomic mass is 35.5. The van der Waals surface area contributed by atoms with E-state index in [4.69, 9.17) is 16.5 Å². The first-order valence-corrected chi connectivity index (χ1v) is 7.38. The van der Waals surface area contributed by atoms with Gasteiger partial charge in [0.25, 0.3) is 15.9 Å². The fourth-order valence-corrected chi connectivity index (χ4v) is 2.90. The minimum absolute atomic E-state index is 0.0412. The molecule has 2 rings (SSSR count). The molecule has 8 heteroatoms. The van der Waals surface area contributed by atoms with Gasteiger partial charge in [-0.1, -0.05) is 18.2 Å². The molecule has 6 nitrogen and oxygen atoms in total. The van der Waals surface area contributed by atoms with E-state index in [-0.39, 0.29) is 16.6 Å². The molecule has 0 radical (unpaired) electrons. The summed E-state index contributed by atoms with van der Waals surface area (Å²) in [5.74, 6) is -0.0388. The normalized spacial score (nSPS) is 11.2. The standard InChI is InChI=1S/C12H12ClN3O3S/c1-9-8-14-11(12(15-9)19-2)16(13)20(17,18)10-6-4-3-5-7-10/h3-8H,1-2H3. The van der Waals surface area contributed by atoms with Gasteiger partial charge in [-0.2, -0.15) is 12.2 Å². The number of anilines is 1. The van der Waals surface area contributed by atoms with Gasteiger partial charge in [0.1, 0.15) is 0 Å². The molecule has 1 aromatic carbocycles. The van der Waals surface area contributed by atoms with Crippen LogP contribution >= 0.6 is 11.8 Å². The highest BCUT2D eigenvalue weighted by Crippen LogP contribution is 2.30. The smallest absolute Gasteiger partial charge is 0.279 e. The predicted molar refractivity (Wildman–Crippen MR) is 75.3 cm³/mol. The zero-order valence-corrected chi connectivity index (χ0v) is 12.4. The second-order valence-corrected chi connectivity index (χ2v) is 6.20. The first-order valence-electron chi connectivity index (χ1n) is 5.60. The van der Waals surface area contributed by atoms with E-state index < -0.39 is 10.0 Å². The zero-order chi connectivity index (χ0) is 14.8. The molecule has 0 aliphatic heterocycles. The summed E-state index contributed by atoms with van der Waals surface area (Å²) in [5.41, 5.74) is 0.591. The number of ether oxygens (including phenoxy) is 1. The number of nitrogens with zero attached hydrogens (tertiary/aromatic N) is 3. The molecule has 0 bridgehead atoms. The third kappa shape index (κ3) is 2.68. The van der Waals surface area contributed by atoms with Crippen LogP contribution in [0.3, 0.4) is 0 Å². The van der Waals surface area contributed by atoms with Crippen molar-refractivity contribution in [2.45, 2.75) is 11.8 Å². The Morgan fingerprint density at radius 2 is 1.90 bits per heavy atom. The van der Waals surface area contributed by atoms with Crippen molar-refractivity contribution < 1.29 is 13.2 Å². The molecular weight excluding hydrogens is 302 g/mol. The topological polar surface area (TPSA) is 72.4 Å². The van der Waals surface area contributed by atoms with Crippen LogP contribution in [-0.4, -0.2) is 25.5 Å². The molecule has 0 fully saturated rings. The Kier molecular flexibility index (Phi) is 4.10. The van der Waals surface area contributed by atoms with Gasteiger partial charge in [-0.15, -0.1) is 0 Å². The van der Waals surface area contributed by atoms with Gasteiger partial charge in [0, 0.05) is 11.8 Å². The molecule has 0 aliphatic carbocycles. The Morgan fingerprint density at radius 3 is 2.50 bits per heavy atom. The summed E-state index contributed by atoms with van der Waals surface area (Å²) in [7, 11) is -2.55. The first-order chi connectivity index (χ1) is 9.46. The van der Waals surface area contributed by atoms with Crippen LogP contribution in [0.4, 0.5) is 5.82 Å². The molecule has 0 saturated carbocycles. The van der Waals surface area contributed by atoms with E-state index in [2.05, 4.69) is 9.97 Å². The second kappa shape index (κ2) is 5.64. The van der Waals surface area contributed by atoms with E-state index >= 15 is 0 Å². The van der Waals surface area contributed by atoms with Crippen molar-refractivity contribution in [3.8, 4) is 5.88 Å². The molecule has 0 amide bonds. The molecule has 0 unspecified atom stereocenters. The lowest BCUT2D eigenvalue weighted by Gasteiger charge is -2.16. The SMILES string of the molecule is COc1nc(C)cnc1N(Cl)S(=O)(=O)c1ccccc1. The van der Waals surface area contributed by atoms with E-state index in [0.717, 1.165) is 0 Å². The van der Waals surface area contributed by atoms with Crippen LogP contribution in [0.5, 0.6) is 5.88 Å². The Morgan fingerprint density at radius 1 is 1.25 bits per heavy atom. The zero-order valence-electron chi connectivity index (χ0n) is 10.8. The van der Waals surface area contributed by atoms with Gasteiger partial charge in [0.15, 0.2) is 0 Å². The Bertz CT molecular complexity index is 707. The summed E-state index contributed by atoms with van der Waals surface area (Å²) < 4.78 is 30.3. The third-order valence-electron chi connectivity index (χ3n) is 2.45. The maximum Gasteiger partial charge on any atom is 0.279 e. The second-order valence-electron chi connectivity index (χ2n) is 3.88. The van der Waals surface area contributed by atoms with E-state index in [1.807, 2.05) is 0 Å². The Balaban J connectivity index is 2.49. The van der Waals surface area contributed by atoms with Crippen molar-refractivity contribution in [3.05, 3.63) is 42.2 Å². The van der Waals surface area contributed by atoms with Gasteiger partial charge in [0.05, 0.1) is 23.9 Å². The molecule has 0 aliphatic rings. The van der Waals surface area contributed by atoms with Crippen LogP contribution in [0.2, 0.25) is 0 Å². The molecule has 0 atom stereocenters. The molecule has 106 valence electrons. The van der Waals surface area contributed by atoms with E-state index in [0.29, 0.717) is 9.52 Å². The van der Waals surface area contributed by atoms with Crippen LogP contribution in [0, 0.1) is 6.92 Å². The van der Waals surface area contributed by atoms with Crippen molar-refractivity contribution in [2.24, 2.45) is 0 Å². The van der Waals surface area contributed by atoms with Crippen molar-refractivity contribution in [1.82, 2.24) is 9.97 Å². The highest BCUT2D eigenvalue weighted by molar-refractivity contribution is 7.94. The third-order valence-corrected chi connectivity index (χ3v) is 4.62. The molecule has 20 heavy (non-hydrogen) atoms. The van der Waals surface area contributed by atoms with Crippen LogP contribution < -0.4 is 8.56 Å². The summed E-state index contributed by atoms with van der Waals surface area (Å²) in [5, 5.41) is 0. The summed E-state index contributed by atoms with van der Waals surface area (Å²) in [6.45, 7) is 1.71. The fourth-order valence-electron chi connectivity index (χ4n) is 1.51. The summed E-state index contributed by atoms with van der Waals surface area (Å²) in [6, 6.07) is 7.81. The number of halogens is 1. The van der Waals surface area contributed by atoms with Crippen LogP contribution in [-0.2, 0) is 10.0 Å².